The number of amides is 1. The maximum atomic E-state index is 13.3. The summed E-state index contributed by atoms with van der Waals surface area (Å²) in [6.45, 7) is 6.89. The summed E-state index contributed by atoms with van der Waals surface area (Å²) >= 11 is 1.34. The molecule has 1 aromatic heterocycles. The van der Waals surface area contributed by atoms with Crippen molar-refractivity contribution in [3.63, 3.8) is 0 Å². The predicted molar refractivity (Wildman–Crippen MR) is 125 cm³/mol. The number of fused-ring (bicyclic) bond motifs is 1. The number of allylic oxidation sites excluding steroid dienone is 1. The molecule has 0 saturated carbocycles. The van der Waals surface area contributed by atoms with Crippen LogP contribution in [0.2, 0.25) is 0 Å². The van der Waals surface area contributed by atoms with Crippen LogP contribution in [0.1, 0.15) is 19.8 Å². The Balaban J connectivity index is 1.71. The molecule has 1 aliphatic heterocycles. The maximum absolute atomic E-state index is 13.3. The van der Waals surface area contributed by atoms with E-state index in [1.807, 2.05) is 29.7 Å². The number of ether oxygens (including phenoxy) is 1. The minimum Gasteiger partial charge on any atom is -0.494 e. The Labute approximate surface area is 195 Å². The van der Waals surface area contributed by atoms with E-state index < -0.39 is 27.8 Å². The van der Waals surface area contributed by atoms with Crippen LogP contribution in [0.5, 0.6) is 5.75 Å². The fourth-order valence-corrected chi connectivity index (χ4v) is 6.61. The van der Waals surface area contributed by atoms with Crippen molar-refractivity contribution >= 4 is 37.5 Å². The van der Waals surface area contributed by atoms with Crippen molar-refractivity contribution in [2.24, 2.45) is 4.99 Å². The van der Waals surface area contributed by atoms with Crippen LogP contribution >= 0.6 is 11.3 Å². The van der Waals surface area contributed by atoms with Gasteiger partial charge in [0.1, 0.15) is 17.6 Å². The van der Waals surface area contributed by atoms with Gasteiger partial charge in [0.25, 0.3) is 5.91 Å². The second-order valence-electron chi connectivity index (χ2n) is 7.52. The number of hydrogen-bond donors (Lipinski definition) is 0. The van der Waals surface area contributed by atoms with Crippen molar-refractivity contribution in [1.29, 1.82) is 0 Å². The highest BCUT2D eigenvalue weighted by Crippen LogP contribution is 2.28. The van der Waals surface area contributed by atoms with Crippen molar-refractivity contribution < 1.29 is 22.3 Å². The van der Waals surface area contributed by atoms with Gasteiger partial charge >= 0.3 is 0 Å². The quantitative estimate of drug-likeness (QED) is 0.474. The number of carbonyl (C=O) groups is 1. The van der Waals surface area contributed by atoms with E-state index in [0.717, 1.165) is 28.1 Å². The second kappa shape index (κ2) is 9.58. The highest BCUT2D eigenvalue weighted by Gasteiger charge is 2.39. The number of benzene rings is 2. The van der Waals surface area contributed by atoms with Crippen LogP contribution in [0.15, 0.2) is 65.0 Å². The van der Waals surface area contributed by atoms with E-state index in [-0.39, 0.29) is 11.4 Å². The summed E-state index contributed by atoms with van der Waals surface area (Å²) in [5.74, 6) is -0.322. The zero-order chi connectivity index (χ0) is 23.6. The first-order valence-corrected chi connectivity index (χ1v) is 12.8. The van der Waals surface area contributed by atoms with Gasteiger partial charge < -0.3 is 9.30 Å². The highest BCUT2D eigenvalue weighted by molar-refractivity contribution is 7.89. The van der Waals surface area contributed by atoms with Gasteiger partial charge in [-0.25, -0.2) is 12.8 Å². The zero-order valence-electron chi connectivity index (χ0n) is 18.1. The summed E-state index contributed by atoms with van der Waals surface area (Å²) in [6.07, 6.45) is 2.64. The van der Waals surface area contributed by atoms with Gasteiger partial charge in [-0.05, 0) is 62.2 Å². The van der Waals surface area contributed by atoms with Crippen molar-refractivity contribution in [2.75, 3.05) is 13.2 Å². The molecule has 1 fully saturated rings. The molecule has 1 atom stereocenters. The fraction of sp³-hybridized carbons (Fsp3) is 0.304. The van der Waals surface area contributed by atoms with Crippen LogP contribution in [-0.4, -0.2) is 42.4 Å². The lowest BCUT2D eigenvalue weighted by Gasteiger charge is -2.21. The first-order valence-electron chi connectivity index (χ1n) is 10.6. The Bertz CT molecular complexity index is 1360. The molecule has 0 spiro atoms. The zero-order valence-corrected chi connectivity index (χ0v) is 19.7. The van der Waals surface area contributed by atoms with Gasteiger partial charge in [-0.3, -0.25) is 4.79 Å². The predicted octanol–water partition coefficient (Wildman–Crippen LogP) is 3.71. The molecule has 10 heteroatoms. The number of halogens is 1. The van der Waals surface area contributed by atoms with Gasteiger partial charge in [0, 0.05) is 13.1 Å². The molecule has 4 rings (SSSR count). The smallest absolute Gasteiger partial charge is 0.266 e. The van der Waals surface area contributed by atoms with E-state index in [1.165, 1.54) is 27.8 Å². The van der Waals surface area contributed by atoms with Gasteiger partial charge in [-0.2, -0.15) is 9.30 Å². The Kier molecular flexibility index (Phi) is 6.78. The topological polar surface area (TPSA) is 81.0 Å². The van der Waals surface area contributed by atoms with Gasteiger partial charge in [0.15, 0.2) is 4.80 Å². The van der Waals surface area contributed by atoms with Crippen molar-refractivity contribution in [2.45, 2.75) is 37.2 Å². The van der Waals surface area contributed by atoms with Crippen LogP contribution in [0.3, 0.4) is 0 Å². The third-order valence-corrected chi connectivity index (χ3v) is 8.36. The van der Waals surface area contributed by atoms with Gasteiger partial charge in [0.05, 0.1) is 21.7 Å². The number of carbonyl (C=O) groups excluding carboxylic acids is 1. The van der Waals surface area contributed by atoms with Crippen LogP contribution in [0.4, 0.5) is 4.39 Å². The molecule has 0 N–H and O–H groups in total. The molecule has 7 nitrogen and oxygen atoms in total. The first-order chi connectivity index (χ1) is 15.8. The number of aromatic nitrogens is 1. The monoisotopic (exact) mass is 489 g/mol. The number of nitrogens with zero attached hydrogens (tertiary/aromatic N) is 3. The van der Waals surface area contributed by atoms with Crippen LogP contribution in [0, 0.1) is 5.82 Å². The summed E-state index contributed by atoms with van der Waals surface area (Å²) in [7, 11) is -3.95. The Morgan fingerprint density at radius 1 is 1.30 bits per heavy atom. The molecule has 174 valence electrons. The van der Waals surface area contributed by atoms with Crippen molar-refractivity contribution in [3.05, 3.63) is 65.7 Å². The summed E-state index contributed by atoms with van der Waals surface area (Å²) in [6, 6.07) is 9.37. The minimum atomic E-state index is -3.95. The standard InChI is InChI=1S/C23H24FN3O4S2/c1-3-13-26-19-12-9-17(31-4-2)15-21(19)32-23(26)25-22(28)20-6-5-14-27(20)33(29,30)18-10-7-16(24)8-11-18/h3,7-12,15,20H,1,4-6,13-14H2,2H3. The number of hydrogen-bond acceptors (Lipinski definition) is 5. The van der Waals surface area contributed by atoms with Crippen LogP contribution in [0.25, 0.3) is 10.2 Å². The van der Waals surface area contributed by atoms with E-state index in [4.69, 9.17) is 4.74 Å². The SMILES string of the molecule is C=CCn1c(=NC(=O)C2CCCN2S(=O)(=O)c2ccc(F)cc2)sc2cc(OCC)ccc21. The molecule has 1 aliphatic rings. The van der Waals surface area contributed by atoms with Gasteiger partial charge in [-0.1, -0.05) is 17.4 Å². The lowest BCUT2D eigenvalue weighted by atomic mass is 10.2. The third kappa shape index (κ3) is 4.64. The van der Waals surface area contributed by atoms with E-state index in [1.54, 1.807) is 6.08 Å². The Hall–Kier alpha value is -2.82. The molecule has 2 heterocycles. The molecule has 2 aromatic carbocycles. The summed E-state index contributed by atoms with van der Waals surface area (Å²) < 4.78 is 49.0. The van der Waals surface area contributed by atoms with Gasteiger partial charge in [-0.15, -0.1) is 6.58 Å². The average Bonchev–Trinajstić information content (AvgIpc) is 3.40. The lowest BCUT2D eigenvalue weighted by Crippen LogP contribution is -2.40. The average molecular weight is 490 g/mol. The van der Waals surface area contributed by atoms with E-state index in [0.29, 0.717) is 30.8 Å². The lowest BCUT2D eigenvalue weighted by molar-refractivity contribution is -0.121. The van der Waals surface area contributed by atoms with Crippen molar-refractivity contribution in [3.8, 4) is 5.75 Å². The highest BCUT2D eigenvalue weighted by atomic mass is 32.2. The van der Waals surface area contributed by atoms with E-state index >= 15 is 0 Å². The molecule has 1 unspecified atom stereocenters. The number of rotatable bonds is 7. The van der Waals surface area contributed by atoms with Gasteiger partial charge in [0.2, 0.25) is 10.0 Å². The number of sulfonamides is 1. The molecule has 0 radical (unpaired) electrons. The summed E-state index contributed by atoms with van der Waals surface area (Å²) in [5, 5.41) is 0. The van der Waals surface area contributed by atoms with Crippen LogP contribution in [-0.2, 0) is 21.4 Å². The van der Waals surface area contributed by atoms with E-state index in [9.17, 15) is 17.6 Å². The van der Waals surface area contributed by atoms with Crippen LogP contribution < -0.4 is 9.54 Å². The Morgan fingerprint density at radius 2 is 2.06 bits per heavy atom. The summed E-state index contributed by atoms with van der Waals surface area (Å²) in [5.41, 5.74) is 0.886. The largest absolute Gasteiger partial charge is 0.494 e. The maximum Gasteiger partial charge on any atom is 0.266 e. The summed E-state index contributed by atoms with van der Waals surface area (Å²) in [4.78, 5) is 17.9. The molecular weight excluding hydrogens is 465 g/mol. The normalized spacial score (nSPS) is 17.5. The first kappa shape index (κ1) is 23.3. The molecular formula is C23H24FN3O4S2. The molecule has 3 aromatic rings. The number of thiazole rings is 1. The fourth-order valence-electron chi connectivity index (χ4n) is 3.89. The van der Waals surface area contributed by atoms with E-state index in [2.05, 4.69) is 11.6 Å². The second-order valence-corrected chi connectivity index (χ2v) is 10.4. The molecule has 33 heavy (non-hydrogen) atoms. The molecule has 1 saturated heterocycles. The molecule has 1 amide bonds. The molecule has 0 bridgehead atoms. The Morgan fingerprint density at radius 3 is 2.76 bits per heavy atom. The third-order valence-electron chi connectivity index (χ3n) is 5.39. The van der Waals surface area contributed by atoms with Crippen molar-refractivity contribution in [1.82, 2.24) is 8.87 Å². The molecule has 0 aliphatic carbocycles. The minimum absolute atomic E-state index is 0.0457.